The summed E-state index contributed by atoms with van der Waals surface area (Å²) in [6, 6.07) is 0. The van der Waals surface area contributed by atoms with E-state index >= 15 is 0 Å². The summed E-state index contributed by atoms with van der Waals surface area (Å²) in [7, 11) is 0.298. The zero-order valence-corrected chi connectivity index (χ0v) is 18.4. The topological polar surface area (TPSA) is 0 Å². The maximum absolute atomic E-state index is 5.60. The first kappa shape index (κ1) is 22.7. The van der Waals surface area contributed by atoms with Crippen LogP contribution in [-0.2, 0) is 22.3 Å². The Morgan fingerprint density at radius 2 is 1.00 bits per heavy atom. The van der Waals surface area contributed by atoms with Crippen molar-refractivity contribution in [1.29, 1.82) is 0 Å². The van der Waals surface area contributed by atoms with Crippen molar-refractivity contribution in [3.8, 4) is 0 Å². The van der Waals surface area contributed by atoms with Crippen molar-refractivity contribution in [2.45, 2.75) is 90.9 Å². The van der Waals surface area contributed by atoms with Crippen molar-refractivity contribution < 1.29 is 0 Å². The van der Waals surface area contributed by atoms with Crippen LogP contribution in [0.4, 0.5) is 0 Å². The van der Waals surface area contributed by atoms with Crippen molar-refractivity contribution in [2.75, 3.05) is 11.5 Å². The van der Waals surface area contributed by atoms with Crippen molar-refractivity contribution in [2.24, 2.45) is 0 Å². The van der Waals surface area contributed by atoms with Crippen molar-refractivity contribution in [1.82, 2.24) is 0 Å². The molecule has 0 fully saturated rings. The third-order valence-corrected chi connectivity index (χ3v) is 15.2. The van der Waals surface area contributed by atoms with Crippen LogP contribution >= 0.6 is 28.1 Å². The number of unbranched alkanes of at least 4 members (excludes halogenated alkanes) is 10. The van der Waals surface area contributed by atoms with Gasteiger partial charge in [0.05, 0.1) is 0 Å². The summed E-state index contributed by atoms with van der Waals surface area (Å²) >= 11 is 14.9. The van der Waals surface area contributed by atoms with Crippen LogP contribution in [0.3, 0.4) is 0 Å². The summed E-state index contributed by atoms with van der Waals surface area (Å²) in [4.78, 5) is 0. The van der Waals surface area contributed by atoms with Gasteiger partial charge in [0.25, 0.3) is 0 Å². The highest BCUT2D eigenvalue weighted by Crippen LogP contribution is 2.63. The minimum atomic E-state index is -1.65. The fraction of sp³-hybridized carbons (Fsp3) is 1.00. The van der Waals surface area contributed by atoms with Crippen LogP contribution in [0, 0.1) is 0 Å². The zero-order chi connectivity index (χ0) is 16.0. The molecule has 0 unspecified atom stereocenters. The van der Waals surface area contributed by atoms with Crippen molar-refractivity contribution in [3.05, 3.63) is 0 Å². The number of hydrogen-bond acceptors (Lipinski definition) is 1. The van der Waals surface area contributed by atoms with Gasteiger partial charge in [-0.25, -0.2) is 0 Å². The van der Waals surface area contributed by atoms with Crippen LogP contribution in [-0.4, -0.2) is 11.5 Å². The van der Waals surface area contributed by atoms with Gasteiger partial charge in [0, 0.05) is 10.5 Å². The van der Waals surface area contributed by atoms with E-state index in [-0.39, 0.29) is 0 Å². The maximum Gasteiger partial charge on any atom is 0.240 e. The van der Waals surface area contributed by atoms with E-state index < -0.39 is 3.64 Å². The van der Waals surface area contributed by atoms with Crippen molar-refractivity contribution >= 4 is 50.5 Å². The second kappa shape index (κ2) is 15.2. The molecule has 0 aliphatic rings. The summed E-state index contributed by atoms with van der Waals surface area (Å²) in [5.74, 6) is 2.57. The molecule has 0 aromatic heterocycles. The molecule has 0 spiro atoms. The third-order valence-electron chi connectivity index (χ3n) is 3.80. The molecule has 0 N–H and O–H groups in total. The Morgan fingerprint density at radius 3 is 1.33 bits per heavy atom. The van der Waals surface area contributed by atoms with Crippen LogP contribution in [0.5, 0.6) is 0 Å². The highest BCUT2D eigenvalue weighted by Gasteiger charge is 2.30. The van der Waals surface area contributed by atoms with E-state index in [0.29, 0.717) is 10.5 Å². The molecule has 0 radical (unpaired) electrons. The van der Waals surface area contributed by atoms with Gasteiger partial charge in [0.15, 0.2) is 0 Å². The molecule has 0 amide bonds. The largest absolute Gasteiger partial charge is 0.240 e. The van der Waals surface area contributed by atoms with E-state index in [2.05, 4.69) is 38.3 Å². The summed E-state index contributed by atoms with van der Waals surface area (Å²) in [5, 5.41) is 0. The molecule has 128 valence electrons. The smallest absolute Gasteiger partial charge is 0.0811 e. The molecule has 0 nitrogen and oxygen atoms in total. The summed E-state index contributed by atoms with van der Waals surface area (Å²) in [6.07, 6.45) is 16.4. The van der Waals surface area contributed by atoms with Gasteiger partial charge in [-0.3, -0.25) is 0 Å². The van der Waals surface area contributed by atoms with Crippen LogP contribution in [0.2, 0.25) is 0 Å². The maximum atomic E-state index is 5.60. The SMILES string of the molecule is CCCCCCCC[S+](CCCCCCCC)P(=S)(S)S. The van der Waals surface area contributed by atoms with Gasteiger partial charge in [-0.05, 0) is 37.5 Å². The highest BCUT2D eigenvalue weighted by atomic mass is 33.5. The lowest BCUT2D eigenvalue weighted by Gasteiger charge is -2.13. The minimum Gasteiger partial charge on any atom is -0.0811 e. The number of hydrogen-bond donors (Lipinski definition) is 2. The van der Waals surface area contributed by atoms with Gasteiger partial charge in [-0.2, -0.15) is 0 Å². The molecule has 0 aliphatic carbocycles. The van der Waals surface area contributed by atoms with Gasteiger partial charge < -0.3 is 0 Å². The molecule has 0 aromatic rings. The van der Waals surface area contributed by atoms with Gasteiger partial charge in [-0.1, -0.05) is 89.7 Å². The Hall–Kier alpha value is 1.70. The summed E-state index contributed by atoms with van der Waals surface area (Å²) < 4.78 is -1.65. The molecule has 0 rings (SSSR count). The zero-order valence-electron chi connectivity index (χ0n) is 14.1. The second-order valence-electron chi connectivity index (χ2n) is 5.90. The van der Waals surface area contributed by atoms with Gasteiger partial charge >= 0.3 is 0 Å². The quantitative estimate of drug-likeness (QED) is 0.128. The monoisotopic (exact) mass is 387 g/mol. The standard InChI is InChI=1S/C16H35PS4/c1-3-5-7-9-11-13-15-21(17(18,19)20)16-14-12-10-8-6-4-2/h3-16H2,1-2H3,(H-,18,19,20)/p+1. The first-order valence-corrected chi connectivity index (χ1v) is 16.0. The normalized spacial score (nSPS) is 12.2. The summed E-state index contributed by atoms with van der Waals surface area (Å²) in [6.45, 7) is 4.55. The fourth-order valence-corrected chi connectivity index (χ4v) is 10.7. The van der Waals surface area contributed by atoms with Crippen LogP contribution in [0.15, 0.2) is 0 Å². The van der Waals surface area contributed by atoms with E-state index in [1.807, 2.05) is 0 Å². The number of rotatable bonds is 15. The Kier molecular flexibility index (Phi) is 16.5. The lowest BCUT2D eigenvalue weighted by molar-refractivity contribution is 0.623. The highest BCUT2D eigenvalue weighted by molar-refractivity contribution is 9.16. The van der Waals surface area contributed by atoms with Gasteiger partial charge in [0.1, 0.15) is 11.5 Å². The molecule has 0 atom stereocenters. The molecule has 0 heterocycles. The van der Waals surface area contributed by atoms with Crippen LogP contribution < -0.4 is 0 Å². The van der Waals surface area contributed by atoms with E-state index in [9.17, 15) is 0 Å². The lowest BCUT2D eigenvalue weighted by Crippen LogP contribution is -2.09. The first-order valence-electron chi connectivity index (χ1n) is 8.76. The first-order chi connectivity index (χ1) is 10.0. The molecule has 5 heteroatoms. The predicted molar refractivity (Wildman–Crippen MR) is 116 cm³/mol. The molecule has 0 bridgehead atoms. The van der Waals surface area contributed by atoms with Crippen LogP contribution in [0.25, 0.3) is 0 Å². The average Bonchev–Trinajstić information content (AvgIpc) is 2.42. The third kappa shape index (κ3) is 15.0. The Labute approximate surface area is 152 Å². The molecular formula is C16H36PS4+. The van der Waals surface area contributed by atoms with E-state index in [4.69, 9.17) is 11.8 Å². The Bertz CT molecular complexity index is 249. The molecule has 0 aliphatic heterocycles. The van der Waals surface area contributed by atoms with E-state index in [0.717, 1.165) is 0 Å². The Morgan fingerprint density at radius 1 is 0.667 bits per heavy atom. The van der Waals surface area contributed by atoms with E-state index in [1.54, 1.807) is 0 Å². The Balaban J connectivity index is 3.76. The van der Waals surface area contributed by atoms with E-state index in [1.165, 1.54) is 88.6 Å². The molecular weight excluding hydrogens is 351 g/mol. The van der Waals surface area contributed by atoms with Crippen LogP contribution in [0.1, 0.15) is 90.9 Å². The average molecular weight is 388 g/mol. The van der Waals surface area contributed by atoms with Gasteiger partial charge in [-0.15, -0.1) is 0 Å². The predicted octanol–water partition coefficient (Wildman–Crippen LogP) is 7.41. The minimum absolute atomic E-state index is 0.298. The summed E-state index contributed by atoms with van der Waals surface area (Å²) in [5.41, 5.74) is 0. The fourth-order valence-electron chi connectivity index (χ4n) is 2.44. The molecule has 21 heavy (non-hydrogen) atoms. The molecule has 0 saturated carbocycles. The number of thiol groups is 2. The van der Waals surface area contributed by atoms with Gasteiger partial charge in [0.2, 0.25) is 3.64 Å². The lowest BCUT2D eigenvalue weighted by atomic mass is 10.1. The van der Waals surface area contributed by atoms with Crippen molar-refractivity contribution in [3.63, 3.8) is 0 Å². The molecule has 0 aromatic carbocycles. The second-order valence-corrected chi connectivity index (χ2v) is 21.9. The molecule has 0 saturated heterocycles.